The molecule has 1 heterocycles. The number of nitrogens with zero attached hydrogens (tertiary/aromatic N) is 1. The number of rotatable bonds is 4. The van der Waals surface area contributed by atoms with Crippen molar-refractivity contribution in [3.8, 4) is 0 Å². The number of alkyl carbamates (subject to hydrolysis) is 1. The van der Waals surface area contributed by atoms with Crippen molar-refractivity contribution in [3.05, 3.63) is 41.0 Å². The van der Waals surface area contributed by atoms with E-state index in [-0.39, 0.29) is 12.6 Å². The van der Waals surface area contributed by atoms with E-state index < -0.39 is 11.7 Å². The molecule has 0 saturated carbocycles. The summed E-state index contributed by atoms with van der Waals surface area (Å²) in [5.41, 5.74) is 6.93. The van der Waals surface area contributed by atoms with Crippen LogP contribution in [0, 0.1) is 0 Å². The van der Waals surface area contributed by atoms with E-state index in [0.717, 1.165) is 16.5 Å². The van der Waals surface area contributed by atoms with Gasteiger partial charge in [0.1, 0.15) is 5.60 Å². The molecule has 0 aliphatic carbocycles. The number of carbonyl (C=O) groups is 1. The normalized spacial score (nSPS) is 12.9. The molecule has 1 atom stereocenters. The minimum absolute atomic E-state index is 0.277. The number of nitrogens with two attached hydrogens (primary N) is 1. The average Bonchev–Trinajstić information content (AvgIpc) is 2.47. The summed E-state index contributed by atoms with van der Waals surface area (Å²) >= 11 is 6.32. The Kier molecular flexibility index (Phi) is 5.44. The minimum Gasteiger partial charge on any atom is -0.444 e. The second-order valence-corrected chi connectivity index (χ2v) is 6.79. The zero-order chi connectivity index (χ0) is 17.0. The van der Waals surface area contributed by atoms with Crippen LogP contribution in [-0.2, 0) is 11.2 Å². The van der Waals surface area contributed by atoms with Gasteiger partial charge in [-0.25, -0.2) is 4.79 Å². The number of pyridine rings is 1. The number of benzene rings is 1. The maximum absolute atomic E-state index is 11.9. The Labute approximate surface area is 141 Å². The molecule has 5 nitrogen and oxygen atoms in total. The number of amides is 1. The lowest BCUT2D eigenvalue weighted by Gasteiger charge is -2.23. The van der Waals surface area contributed by atoms with Crippen molar-refractivity contribution in [2.24, 2.45) is 5.73 Å². The Balaban J connectivity index is 2.19. The van der Waals surface area contributed by atoms with Gasteiger partial charge in [0, 0.05) is 29.2 Å². The summed E-state index contributed by atoms with van der Waals surface area (Å²) in [5.74, 6) is 0. The Bertz CT molecular complexity index is 698. The predicted molar refractivity (Wildman–Crippen MR) is 92.7 cm³/mol. The first kappa shape index (κ1) is 17.5. The lowest BCUT2D eigenvalue weighted by Crippen LogP contribution is -2.44. The topological polar surface area (TPSA) is 77.2 Å². The van der Waals surface area contributed by atoms with E-state index in [1.54, 1.807) is 6.20 Å². The highest BCUT2D eigenvalue weighted by molar-refractivity contribution is 6.32. The number of hydrogen-bond acceptors (Lipinski definition) is 4. The summed E-state index contributed by atoms with van der Waals surface area (Å²) in [4.78, 5) is 16.3. The van der Waals surface area contributed by atoms with Crippen molar-refractivity contribution in [2.75, 3.05) is 6.54 Å². The number of nitrogens with one attached hydrogen (secondary N) is 1. The van der Waals surface area contributed by atoms with E-state index in [0.29, 0.717) is 11.4 Å². The van der Waals surface area contributed by atoms with Crippen molar-refractivity contribution >= 4 is 28.6 Å². The third-order valence-electron chi connectivity index (χ3n) is 3.28. The number of carbonyl (C=O) groups excluding carboxylic acids is 1. The molecule has 0 aliphatic rings. The molecule has 2 aromatic rings. The fourth-order valence-corrected chi connectivity index (χ4v) is 2.52. The van der Waals surface area contributed by atoms with E-state index in [9.17, 15) is 4.79 Å². The van der Waals surface area contributed by atoms with Gasteiger partial charge < -0.3 is 15.8 Å². The van der Waals surface area contributed by atoms with E-state index in [4.69, 9.17) is 22.1 Å². The molecule has 1 aromatic carbocycles. The number of hydrogen-bond donors (Lipinski definition) is 2. The van der Waals surface area contributed by atoms with Gasteiger partial charge in [-0.05, 0) is 44.9 Å². The van der Waals surface area contributed by atoms with E-state index in [1.807, 2.05) is 45.0 Å². The van der Waals surface area contributed by atoms with Gasteiger partial charge in [0.05, 0.1) is 5.52 Å². The van der Waals surface area contributed by atoms with Crippen LogP contribution in [0.2, 0.25) is 5.02 Å². The van der Waals surface area contributed by atoms with E-state index >= 15 is 0 Å². The van der Waals surface area contributed by atoms with Gasteiger partial charge in [0.2, 0.25) is 0 Å². The van der Waals surface area contributed by atoms with Gasteiger partial charge in [-0.15, -0.1) is 0 Å². The molecule has 23 heavy (non-hydrogen) atoms. The molecule has 0 bridgehead atoms. The standard InChI is InChI=1S/C17H22ClN3O2/c1-17(2,3)23-16(22)21-12(10-19)9-13-14(18)7-6-11-5-4-8-20-15(11)13/h4-8,12H,9-10,19H2,1-3H3,(H,21,22). The molecule has 0 saturated heterocycles. The fourth-order valence-electron chi connectivity index (χ4n) is 2.29. The molecular formula is C17H22ClN3O2. The summed E-state index contributed by atoms with van der Waals surface area (Å²) in [6, 6.07) is 7.32. The van der Waals surface area contributed by atoms with Crippen molar-refractivity contribution in [2.45, 2.75) is 38.8 Å². The van der Waals surface area contributed by atoms with Crippen LogP contribution in [0.5, 0.6) is 0 Å². The first-order chi connectivity index (χ1) is 10.8. The highest BCUT2D eigenvalue weighted by Gasteiger charge is 2.20. The Morgan fingerprint density at radius 3 is 2.78 bits per heavy atom. The van der Waals surface area contributed by atoms with Crippen molar-refractivity contribution < 1.29 is 9.53 Å². The van der Waals surface area contributed by atoms with Crippen molar-refractivity contribution in [1.29, 1.82) is 0 Å². The summed E-state index contributed by atoms with van der Waals surface area (Å²) < 4.78 is 5.27. The lowest BCUT2D eigenvalue weighted by molar-refractivity contribution is 0.0506. The zero-order valence-corrected chi connectivity index (χ0v) is 14.4. The monoisotopic (exact) mass is 335 g/mol. The van der Waals surface area contributed by atoms with Crippen LogP contribution in [-0.4, -0.2) is 29.3 Å². The number of halogens is 1. The largest absolute Gasteiger partial charge is 0.444 e. The van der Waals surface area contributed by atoms with E-state index in [2.05, 4.69) is 10.3 Å². The smallest absolute Gasteiger partial charge is 0.407 e. The summed E-state index contributed by atoms with van der Waals surface area (Å²) in [6.45, 7) is 5.72. The molecule has 3 N–H and O–H groups in total. The first-order valence-electron chi connectivity index (χ1n) is 7.52. The van der Waals surface area contributed by atoms with Crippen molar-refractivity contribution in [3.63, 3.8) is 0 Å². The molecular weight excluding hydrogens is 314 g/mol. The highest BCUT2D eigenvalue weighted by Crippen LogP contribution is 2.25. The Morgan fingerprint density at radius 1 is 1.39 bits per heavy atom. The molecule has 0 fully saturated rings. The molecule has 0 spiro atoms. The lowest BCUT2D eigenvalue weighted by atomic mass is 10.0. The molecule has 6 heteroatoms. The van der Waals surface area contributed by atoms with Gasteiger partial charge in [0.15, 0.2) is 0 Å². The second-order valence-electron chi connectivity index (χ2n) is 6.38. The predicted octanol–water partition coefficient (Wildman–Crippen LogP) is 3.28. The van der Waals surface area contributed by atoms with Gasteiger partial charge in [0.25, 0.3) is 0 Å². The third-order valence-corrected chi connectivity index (χ3v) is 3.63. The van der Waals surface area contributed by atoms with Crippen LogP contribution in [0.4, 0.5) is 4.79 Å². The molecule has 2 rings (SSSR count). The van der Waals surface area contributed by atoms with Gasteiger partial charge in [-0.3, -0.25) is 4.98 Å². The van der Waals surface area contributed by atoms with Crippen LogP contribution in [0.25, 0.3) is 10.9 Å². The second kappa shape index (κ2) is 7.15. The zero-order valence-electron chi connectivity index (χ0n) is 13.6. The quantitative estimate of drug-likeness (QED) is 0.898. The molecule has 124 valence electrons. The Hall–Kier alpha value is -1.85. The molecule has 1 amide bonds. The molecule has 1 unspecified atom stereocenters. The Morgan fingerprint density at radius 2 is 2.13 bits per heavy atom. The average molecular weight is 336 g/mol. The number of fused-ring (bicyclic) bond motifs is 1. The molecule has 1 aromatic heterocycles. The maximum Gasteiger partial charge on any atom is 0.407 e. The SMILES string of the molecule is CC(C)(C)OC(=O)NC(CN)Cc1c(Cl)ccc2cccnc12. The van der Waals surface area contributed by atoms with Crippen LogP contribution in [0.15, 0.2) is 30.5 Å². The fraction of sp³-hybridized carbons (Fsp3) is 0.412. The van der Waals surface area contributed by atoms with E-state index in [1.165, 1.54) is 0 Å². The van der Waals surface area contributed by atoms with Crippen LogP contribution < -0.4 is 11.1 Å². The number of ether oxygens (including phenoxy) is 1. The summed E-state index contributed by atoms with van der Waals surface area (Å²) in [5, 5.41) is 4.40. The third kappa shape index (κ3) is 4.81. The van der Waals surface area contributed by atoms with Crippen LogP contribution >= 0.6 is 11.6 Å². The van der Waals surface area contributed by atoms with Gasteiger partial charge in [-0.2, -0.15) is 0 Å². The summed E-state index contributed by atoms with van der Waals surface area (Å²) in [6.07, 6.45) is 1.72. The first-order valence-corrected chi connectivity index (χ1v) is 7.89. The van der Waals surface area contributed by atoms with Gasteiger partial charge in [-0.1, -0.05) is 23.7 Å². The maximum atomic E-state index is 11.9. The van der Waals surface area contributed by atoms with Crippen LogP contribution in [0.1, 0.15) is 26.3 Å². The highest BCUT2D eigenvalue weighted by atomic mass is 35.5. The summed E-state index contributed by atoms with van der Waals surface area (Å²) in [7, 11) is 0. The van der Waals surface area contributed by atoms with Gasteiger partial charge >= 0.3 is 6.09 Å². The van der Waals surface area contributed by atoms with Crippen molar-refractivity contribution in [1.82, 2.24) is 10.3 Å². The number of aromatic nitrogens is 1. The molecule has 0 radical (unpaired) electrons. The minimum atomic E-state index is -0.554. The van der Waals surface area contributed by atoms with Crippen LogP contribution in [0.3, 0.4) is 0 Å². The molecule has 0 aliphatic heterocycles.